The Morgan fingerprint density at radius 3 is 2.58 bits per heavy atom. The fraction of sp³-hybridized carbons (Fsp3) is 0.650. The van der Waals surface area contributed by atoms with Crippen LogP contribution >= 0.6 is 0 Å². The molecule has 0 amide bonds. The van der Waals surface area contributed by atoms with E-state index >= 15 is 0 Å². The van der Waals surface area contributed by atoms with Crippen molar-refractivity contribution >= 4 is 11.7 Å². The van der Waals surface area contributed by atoms with Crippen LogP contribution in [0.4, 0.5) is 4.39 Å². The number of hydrogen-bond donors (Lipinski definition) is 2. The summed E-state index contributed by atoms with van der Waals surface area (Å²) in [6.07, 6.45) is 5.42. The van der Waals surface area contributed by atoms with Crippen LogP contribution in [0.3, 0.4) is 0 Å². The van der Waals surface area contributed by atoms with Crippen molar-refractivity contribution in [3.63, 3.8) is 0 Å². The van der Waals surface area contributed by atoms with Gasteiger partial charge in [0.15, 0.2) is 5.94 Å². The first-order valence-electron chi connectivity index (χ1n) is 9.47. The monoisotopic (exact) mass is 361 g/mol. The molecule has 0 aromatic heterocycles. The summed E-state index contributed by atoms with van der Waals surface area (Å²) in [5.41, 5.74) is 10.3. The molecule has 0 aromatic rings. The summed E-state index contributed by atoms with van der Waals surface area (Å²) in [5, 5.41) is 9.16. The fourth-order valence-electron chi connectivity index (χ4n) is 3.73. The number of aliphatic hydroxyl groups is 1. The number of nitrogens with two attached hydrogens (primary N) is 1. The maximum Gasteiger partial charge on any atom is 0.152 e. The van der Waals surface area contributed by atoms with Crippen LogP contribution in [0.2, 0.25) is 0 Å². The molecule has 3 rings (SSSR count). The van der Waals surface area contributed by atoms with Crippen molar-refractivity contribution in [2.75, 3.05) is 26.2 Å². The van der Waals surface area contributed by atoms with Gasteiger partial charge in [-0.3, -0.25) is 4.99 Å². The second kappa shape index (κ2) is 7.77. The van der Waals surface area contributed by atoms with Gasteiger partial charge in [-0.25, -0.2) is 9.18 Å². The van der Waals surface area contributed by atoms with Gasteiger partial charge in [0.25, 0.3) is 0 Å². The molecule has 0 spiro atoms. The molecule has 3 fully saturated rings. The lowest BCUT2D eigenvalue weighted by atomic mass is 9.93. The van der Waals surface area contributed by atoms with Gasteiger partial charge in [0.05, 0.1) is 18.8 Å². The predicted octanol–water partition coefficient (Wildman–Crippen LogP) is 2.45. The summed E-state index contributed by atoms with van der Waals surface area (Å²) in [7, 11) is 0. The van der Waals surface area contributed by atoms with E-state index in [4.69, 9.17) is 15.8 Å². The number of carbonyl (C=O) groups excluding carboxylic acids is 1. The molecular weight excluding hydrogens is 333 g/mol. The second-order valence-electron chi connectivity index (χ2n) is 7.64. The molecule has 1 heterocycles. The Labute approximate surface area is 154 Å². The van der Waals surface area contributed by atoms with Crippen LogP contribution in [0.5, 0.6) is 0 Å². The van der Waals surface area contributed by atoms with E-state index in [1.165, 1.54) is 24.0 Å². The van der Waals surface area contributed by atoms with Crippen LogP contribution in [-0.2, 0) is 4.79 Å². The summed E-state index contributed by atoms with van der Waals surface area (Å²) < 4.78 is 14.2. The number of aliphatic imine (C=N–C) groups is 1. The van der Waals surface area contributed by atoms with Gasteiger partial charge in [0.1, 0.15) is 11.4 Å². The number of halogens is 1. The third-order valence-corrected chi connectivity index (χ3v) is 5.74. The van der Waals surface area contributed by atoms with Crippen molar-refractivity contribution in [1.82, 2.24) is 4.90 Å². The number of hydrogen-bond acceptors (Lipinski definition) is 5. The van der Waals surface area contributed by atoms with Crippen LogP contribution in [0.15, 0.2) is 33.1 Å². The molecule has 5 nitrogen and oxygen atoms in total. The zero-order chi connectivity index (χ0) is 18.7. The number of alkyl halides is 1. The lowest BCUT2D eigenvalue weighted by Crippen LogP contribution is -2.44. The molecule has 1 saturated heterocycles. The summed E-state index contributed by atoms with van der Waals surface area (Å²) in [6.45, 7) is 3.05. The van der Waals surface area contributed by atoms with Crippen molar-refractivity contribution in [3.05, 3.63) is 28.1 Å². The second-order valence-corrected chi connectivity index (χ2v) is 7.64. The van der Waals surface area contributed by atoms with Crippen LogP contribution in [-0.4, -0.2) is 53.6 Å². The van der Waals surface area contributed by atoms with Crippen molar-refractivity contribution in [3.8, 4) is 0 Å². The van der Waals surface area contributed by atoms with E-state index in [0.29, 0.717) is 31.0 Å². The van der Waals surface area contributed by atoms with E-state index in [2.05, 4.69) is 6.92 Å². The quantitative estimate of drug-likeness (QED) is 0.582. The standard InChI is InChI=1S/C20H28FN3O2/c1-14(15-5-6-15)11-23-17-4-2-3-16(17)19(22)18(12-25)24-9-7-20(21,13-26)8-10-24/h26H,2-11,13,22H2,1H3/b19-16-,23-17?. The number of aliphatic hydroxyl groups excluding tert-OH is 1. The summed E-state index contributed by atoms with van der Waals surface area (Å²) in [4.78, 5) is 18.1. The molecule has 0 aromatic carbocycles. The molecule has 2 saturated carbocycles. The highest BCUT2D eigenvalue weighted by atomic mass is 19.1. The highest BCUT2D eigenvalue weighted by Gasteiger charge is 2.35. The van der Waals surface area contributed by atoms with Crippen molar-refractivity contribution < 1.29 is 14.3 Å². The Hall–Kier alpha value is -1.91. The average Bonchev–Trinajstić information content (AvgIpc) is 3.40. The molecule has 0 unspecified atom stereocenters. The largest absolute Gasteiger partial charge is 0.396 e. The normalized spacial score (nSPS) is 25.3. The smallest absolute Gasteiger partial charge is 0.152 e. The number of rotatable bonds is 5. The molecule has 0 bridgehead atoms. The fourth-order valence-corrected chi connectivity index (χ4v) is 3.73. The maximum atomic E-state index is 14.2. The molecular formula is C20H28FN3O2. The van der Waals surface area contributed by atoms with Gasteiger partial charge in [-0.05, 0) is 44.6 Å². The summed E-state index contributed by atoms with van der Waals surface area (Å²) in [5.74, 6) is 1.97. The Morgan fingerprint density at radius 1 is 1.31 bits per heavy atom. The minimum Gasteiger partial charge on any atom is -0.396 e. The number of allylic oxidation sites excluding steroid dienone is 2. The summed E-state index contributed by atoms with van der Waals surface area (Å²) in [6, 6.07) is 0. The first kappa shape index (κ1) is 18.9. The zero-order valence-corrected chi connectivity index (χ0v) is 15.5. The lowest BCUT2D eigenvalue weighted by Gasteiger charge is -2.36. The Kier molecular flexibility index (Phi) is 5.64. The van der Waals surface area contributed by atoms with E-state index in [-0.39, 0.29) is 12.8 Å². The lowest BCUT2D eigenvalue weighted by molar-refractivity contribution is 0.0178. The van der Waals surface area contributed by atoms with Crippen molar-refractivity contribution in [1.29, 1.82) is 0 Å². The minimum absolute atomic E-state index is 0.186. The zero-order valence-electron chi connectivity index (χ0n) is 15.5. The summed E-state index contributed by atoms with van der Waals surface area (Å²) >= 11 is 0. The van der Waals surface area contributed by atoms with E-state index < -0.39 is 12.3 Å². The third-order valence-electron chi connectivity index (χ3n) is 5.74. The Balaban J connectivity index is 1.76. The van der Waals surface area contributed by atoms with Crippen LogP contribution in [0, 0.1) is 0 Å². The molecule has 6 heteroatoms. The predicted molar refractivity (Wildman–Crippen MR) is 100 cm³/mol. The molecule has 0 radical (unpaired) electrons. The Bertz CT molecular complexity index is 703. The maximum absolute atomic E-state index is 14.2. The van der Waals surface area contributed by atoms with Gasteiger partial charge >= 0.3 is 0 Å². The SMILES string of the molecule is CC(CN=C1CCC/C1=C(/N)C(=C=O)N1CCC(F)(CO)CC1)=C1CC1. The van der Waals surface area contributed by atoms with E-state index in [1.54, 1.807) is 4.90 Å². The topological polar surface area (TPSA) is 78.9 Å². The minimum atomic E-state index is -1.56. The number of nitrogens with zero attached hydrogens (tertiary/aromatic N) is 2. The van der Waals surface area contributed by atoms with Gasteiger partial charge < -0.3 is 15.7 Å². The highest BCUT2D eigenvalue weighted by molar-refractivity contribution is 6.03. The first-order valence-corrected chi connectivity index (χ1v) is 9.47. The highest BCUT2D eigenvalue weighted by Crippen LogP contribution is 2.33. The van der Waals surface area contributed by atoms with Gasteiger partial charge in [-0.15, -0.1) is 0 Å². The molecule has 26 heavy (non-hydrogen) atoms. The van der Waals surface area contributed by atoms with E-state index in [0.717, 1.165) is 30.5 Å². The van der Waals surface area contributed by atoms with E-state index in [9.17, 15) is 9.18 Å². The Morgan fingerprint density at radius 2 is 2.00 bits per heavy atom. The van der Waals surface area contributed by atoms with Gasteiger partial charge in [0, 0.05) is 31.6 Å². The third kappa shape index (κ3) is 4.08. The molecule has 3 N–H and O–H groups in total. The van der Waals surface area contributed by atoms with Gasteiger partial charge in [0.2, 0.25) is 0 Å². The average molecular weight is 361 g/mol. The molecule has 0 atom stereocenters. The molecule has 142 valence electrons. The first-order chi connectivity index (χ1) is 12.5. The van der Waals surface area contributed by atoms with Crippen LogP contribution in [0.25, 0.3) is 0 Å². The number of likely N-dealkylation sites (tertiary alicyclic amines) is 1. The molecule has 1 aliphatic heterocycles. The van der Waals surface area contributed by atoms with Crippen molar-refractivity contribution in [2.45, 2.75) is 57.5 Å². The molecule has 3 aliphatic rings. The number of piperidine rings is 1. The van der Waals surface area contributed by atoms with Gasteiger partial charge in [-0.1, -0.05) is 11.1 Å². The van der Waals surface area contributed by atoms with Crippen LogP contribution < -0.4 is 5.73 Å². The van der Waals surface area contributed by atoms with Crippen molar-refractivity contribution in [2.24, 2.45) is 10.7 Å². The van der Waals surface area contributed by atoms with Crippen LogP contribution in [0.1, 0.15) is 51.9 Å². The van der Waals surface area contributed by atoms with E-state index in [1.807, 2.05) is 5.94 Å². The van der Waals surface area contributed by atoms with Gasteiger partial charge in [-0.2, -0.15) is 0 Å². The molecule has 2 aliphatic carbocycles.